The predicted octanol–water partition coefficient (Wildman–Crippen LogP) is 4.91. The monoisotopic (exact) mass is 380 g/mol. The molecule has 22 heavy (non-hydrogen) atoms. The van der Waals surface area contributed by atoms with E-state index < -0.39 is 0 Å². The summed E-state index contributed by atoms with van der Waals surface area (Å²) in [6.45, 7) is 3.90. The molecule has 0 aliphatic rings. The summed E-state index contributed by atoms with van der Waals surface area (Å²) in [5.41, 5.74) is 0.899. The Balaban J connectivity index is 2.39. The molecule has 0 unspecified atom stereocenters. The molecular weight excluding hydrogens is 368 g/mol. The molecule has 0 N–H and O–H groups in total. The second kappa shape index (κ2) is 7.47. The minimum Gasteiger partial charge on any atom is -0.497 e. The van der Waals surface area contributed by atoms with Crippen LogP contribution in [0.1, 0.15) is 15.9 Å². The standard InChI is InChI=1S/C17H14BrClO3/c1-3-8-22-15-10-12(18)9-14(16(15)19)17(20)11-4-6-13(21-2)7-5-11/h3-7,9-10H,1,8H2,2H3. The summed E-state index contributed by atoms with van der Waals surface area (Å²) < 4.78 is 11.3. The third kappa shape index (κ3) is 3.70. The Morgan fingerprint density at radius 1 is 1.32 bits per heavy atom. The maximum atomic E-state index is 12.6. The average molecular weight is 382 g/mol. The van der Waals surface area contributed by atoms with Crippen LogP contribution in [0.5, 0.6) is 11.5 Å². The van der Waals surface area contributed by atoms with Crippen molar-refractivity contribution in [1.29, 1.82) is 0 Å². The molecule has 114 valence electrons. The highest BCUT2D eigenvalue weighted by atomic mass is 79.9. The van der Waals surface area contributed by atoms with Gasteiger partial charge in [-0.05, 0) is 36.4 Å². The zero-order valence-electron chi connectivity index (χ0n) is 11.9. The number of methoxy groups -OCH3 is 1. The molecule has 0 radical (unpaired) electrons. The summed E-state index contributed by atoms with van der Waals surface area (Å²) in [4.78, 5) is 12.6. The van der Waals surface area contributed by atoms with E-state index in [0.717, 1.165) is 0 Å². The van der Waals surface area contributed by atoms with Crippen LogP contribution in [0.4, 0.5) is 0 Å². The van der Waals surface area contributed by atoms with Crippen molar-refractivity contribution < 1.29 is 14.3 Å². The maximum absolute atomic E-state index is 12.6. The molecule has 2 aromatic carbocycles. The highest BCUT2D eigenvalue weighted by Crippen LogP contribution is 2.33. The maximum Gasteiger partial charge on any atom is 0.194 e. The molecule has 0 aromatic heterocycles. The number of rotatable bonds is 6. The molecule has 0 heterocycles. The molecule has 5 heteroatoms. The molecule has 0 spiro atoms. The molecule has 2 rings (SSSR count). The molecule has 0 atom stereocenters. The van der Waals surface area contributed by atoms with Crippen LogP contribution in [-0.2, 0) is 0 Å². The van der Waals surface area contributed by atoms with E-state index in [2.05, 4.69) is 22.5 Å². The fraction of sp³-hybridized carbons (Fsp3) is 0.118. The molecule has 0 aliphatic heterocycles. The van der Waals surface area contributed by atoms with Gasteiger partial charge in [0.25, 0.3) is 0 Å². The van der Waals surface area contributed by atoms with Crippen molar-refractivity contribution in [2.45, 2.75) is 0 Å². The first-order valence-electron chi connectivity index (χ1n) is 6.48. The summed E-state index contributed by atoms with van der Waals surface area (Å²) >= 11 is 9.66. The Hall–Kier alpha value is -1.78. The Bertz CT molecular complexity index is 696. The fourth-order valence-corrected chi connectivity index (χ4v) is 2.57. The van der Waals surface area contributed by atoms with Gasteiger partial charge in [0, 0.05) is 15.6 Å². The zero-order chi connectivity index (χ0) is 16.1. The van der Waals surface area contributed by atoms with Gasteiger partial charge in [0.15, 0.2) is 5.78 Å². The molecule has 0 amide bonds. The predicted molar refractivity (Wildman–Crippen MR) is 91.3 cm³/mol. The topological polar surface area (TPSA) is 35.5 Å². The van der Waals surface area contributed by atoms with Gasteiger partial charge in [-0.25, -0.2) is 0 Å². The average Bonchev–Trinajstić information content (AvgIpc) is 2.54. The lowest BCUT2D eigenvalue weighted by Crippen LogP contribution is -2.04. The van der Waals surface area contributed by atoms with Crippen molar-refractivity contribution >= 4 is 33.3 Å². The van der Waals surface area contributed by atoms with Crippen molar-refractivity contribution in [3.05, 3.63) is 69.7 Å². The summed E-state index contributed by atoms with van der Waals surface area (Å²) in [5.74, 6) is 0.942. The van der Waals surface area contributed by atoms with E-state index in [0.29, 0.717) is 33.7 Å². The third-order valence-corrected chi connectivity index (χ3v) is 3.81. The van der Waals surface area contributed by atoms with Gasteiger partial charge in [-0.3, -0.25) is 4.79 Å². The first kappa shape index (κ1) is 16.6. The zero-order valence-corrected chi connectivity index (χ0v) is 14.3. The van der Waals surface area contributed by atoms with E-state index in [9.17, 15) is 4.79 Å². The number of hydrogen-bond donors (Lipinski definition) is 0. The van der Waals surface area contributed by atoms with Crippen molar-refractivity contribution in [3.63, 3.8) is 0 Å². The number of halogens is 2. The molecule has 3 nitrogen and oxygen atoms in total. The van der Waals surface area contributed by atoms with E-state index in [4.69, 9.17) is 21.1 Å². The highest BCUT2D eigenvalue weighted by Gasteiger charge is 2.17. The number of carbonyl (C=O) groups excluding carboxylic acids is 1. The summed E-state index contributed by atoms with van der Waals surface area (Å²) in [5, 5.41) is 0.283. The number of benzene rings is 2. The van der Waals surface area contributed by atoms with Crippen molar-refractivity contribution in [1.82, 2.24) is 0 Å². The van der Waals surface area contributed by atoms with Gasteiger partial charge >= 0.3 is 0 Å². The van der Waals surface area contributed by atoms with E-state index in [1.54, 1.807) is 49.6 Å². The quantitative estimate of drug-likeness (QED) is 0.527. The molecule has 0 fully saturated rings. The van der Waals surface area contributed by atoms with E-state index >= 15 is 0 Å². The Labute approximate surface area is 142 Å². The van der Waals surface area contributed by atoms with E-state index in [1.165, 1.54) is 0 Å². The number of ketones is 1. The third-order valence-electron chi connectivity index (χ3n) is 2.96. The lowest BCUT2D eigenvalue weighted by molar-refractivity contribution is 0.103. The molecule has 0 bridgehead atoms. The van der Waals surface area contributed by atoms with Crippen LogP contribution >= 0.6 is 27.5 Å². The van der Waals surface area contributed by atoms with Gasteiger partial charge < -0.3 is 9.47 Å². The van der Waals surface area contributed by atoms with Gasteiger partial charge in [-0.1, -0.05) is 40.2 Å². The van der Waals surface area contributed by atoms with Gasteiger partial charge in [-0.15, -0.1) is 0 Å². The summed E-state index contributed by atoms with van der Waals surface area (Å²) in [6, 6.07) is 10.3. The Kier molecular flexibility index (Phi) is 5.63. The van der Waals surface area contributed by atoms with Crippen molar-refractivity contribution in [2.24, 2.45) is 0 Å². The Morgan fingerprint density at radius 2 is 2.00 bits per heavy atom. The highest BCUT2D eigenvalue weighted by molar-refractivity contribution is 9.10. The van der Waals surface area contributed by atoms with E-state index in [1.807, 2.05) is 0 Å². The summed E-state index contributed by atoms with van der Waals surface area (Å²) in [7, 11) is 1.57. The minimum absolute atomic E-state index is 0.183. The number of carbonyl (C=O) groups is 1. The Morgan fingerprint density at radius 3 is 2.59 bits per heavy atom. The first-order chi connectivity index (χ1) is 10.6. The van der Waals surface area contributed by atoms with Crippen molar-refractivity contribution in [2.75, 3.05) is 13.7 Å². The number of hydrogen-bond acceptors (Lipinski definition) is 3. The molecule has 0 saturated heterocycles. The normalized spacial score (nSPS) is 10.1. The second-order valence-electron chi connectivity index (χ2n) is 4.42. The first-order valence-corrected chi connectivity index (χ1v) is 7.65. The van der Waals surface area contributed by atoms with Crippen LogP contribution in [0.2, 0.25) is 5.02 Å². The van der Waals surface area contributed by atoms with Crippen LogP contribution in [0.25, 0.3) is 0 Å². The largest absolute Gasteiger partial charge is 0.497 e. The molecule has 0 aliphatic carbocycles. The lowest BCUT2D eigenvalue weighted by atomic mass is 10.0. The van der Waals surface area contributed by atoms with Crippen LogP contribution in [0.3, 0.4) is 0 Å². The van der Waals surface area contributed by atoms with Crippen molar-refractivity contribution in [3.8, 4) is 11.5 Å². The lowest BCUT2D eigenvalue weighted by Gasteiger charge is -2.11. The van der Waals surface area contributed by atoms with Crippen LogP contribution < -0.4 is 9.47 Å². The SMILES string of the molecule is C=CCOc1cc(Br)cc(C(=O)c2ccc(OC)cc2)c1Cl. The van der Waals surface area contributed by atoms with Gasteiger partial charge in [0.2, 0.25) is 0 Å². The molecule has 2 aromatic rings. The molecular formula is C17H14BrClO3. The van der Waals surface area contributed by atoms with E-state index in [-0.39, 0.29) is 10.8 Å². The molecule has 0 saturated carbocycles. The van der Waals surface area contributed by atoms with Gasteiger partial charge in [0.05, 0.1) is 12.1 Å². The van der Waals surface area contributed by atoms with Gasteiger partial charge in [-0.2, -0.15) is 0 Å². The minimum atomic E-state index is -0.183. The van der Waals surface area contributed by atoms with Gasteiger partial charge in [0.1, 0.15) is 18.1 Å². The number of ether oxygens (including phenoxy) is 2. The van der Waals surface area contributed by atoms with Crippen LogP contribution in [0, 0.1) is 0 Å². The van der Waals surface area contributed by atoms with Crippen LogP contribution in [-0.4, -0.2) is 19.5 Å². The summed E-state index contributed by atoms with van der Waals surface area (Å²) in [6.07, 6.45) is 1.61. The second-order valence-corrected chi connectivity index (χ2v) is 5.72. The van der Waals surface area contributed by atoms with Crippen LogP contribution in [0.15, 0.2) is 53.5 Å². The fourth-order valence-electron chi connectivity index (χ4n) is 1.88. The smallest absolute Gasteiger partial charge is 0.194 e.